The maximum atomic E-state index is 13.1. The van der Waals surface area contributed by atoms with Gasteiger partial charge in [-0.05, 0) is 18.2 Å². The smallest absolute Gasteiger partial charge is 0.142 e. The predicted molar refractivity (Wildman–Crippen MR) is 69.3 cm³/mol. The van der Waals surface area contributed by atoms with Gasteiger partial charge >= 0.3 is 0 Å². The van der Waals surface area contributed by atoms with Gasteiger partial charge in [0, 0.05) is 11.8 Å². The minimum atomic E-state index is -0.436. The molecular formula is C14H8FN5. The quantitative estimate of drug-likeness (QED) is 0.713. The third-order valence-corrected chi connectivity index (χ3v) is 2.77. The highest BCUT2D eigenvalue weighted by Gasteiger charge is 2.09. The molecule has 0 aliphatic heterocycles. The van der Waals surface area contributed by atoms with E-state index in [1.807, 2.05) is 0 Å². The lowest BCUT2D eigenvalue weighted by Gasteiger charge is -2.01. The highest BCUT2D eigenvalue weighted by Crippen LogP contribution is 2.19. The molecule has 0 radical (unpaired) electrons. The van der Waals surface area contributed by atoms with E-state index in [-0.39, 0.29) is 0 Å². The molecule has 0 fully saturated rings. The van der Waals surface area contributed by atoms with Crippen molar-refractivity contribution in [3.63, 3.8) is 0 Å². The first-order chi connectivity index (χ1) is 9.78. The van der Waals surface area contributed by atoms with Crippen LogP contribution >= 0.6 is 0 Å². The standard InChI is InChI=1S/C14H8FN5/c15-12-5-11(7-17-8-12)13-9-20(19-18-13)14-4-2-1-3-10(14)6-16/h1-5,7-9H. The van der Waals surface area contributed by atoms with E-state index in [0.717, 1.165) is 6.20 Å². The average molecular weight is 265 g/mol. The van der Waals surface area contributed by atoms with Crippen LogP contribution in [0.1, 0.15) is 5.56 Å². The van der Waals surface area contributed by atoms with Gasteiger partial charge in [-0.2, -0.15) is 5.26 Å². The summed E-state index contributed by atoms with van der Waals surface area (Å²) in [6, 6.07) is 10.5. The molecule has 1 aromatic carbocycles. The van der Waals surface area contributed by atoms with E-state index < -0.39 is 5.82 Å². The number of aromatic nitrogens is 4. The molecule has 0 saturated carbocycles. The normalized spacial score (nSPS) is 10.2. The second kappa shape index (κ2) is 4.90. The van der Waals surface area contributed by atoms with E-state index in [2.05, 4.69) is 21.4 Å². The summed E-state index contributed by atoms with van der Waals surface area (Å²) >= 11 is 0. The Morgan fingerprint density at radius 2 is 2.05 bits per heavy atom. The van der Waals surface area contributed by atoms with E-state index >= 15 is 0 Å². The fourth-order valence-corrected chi connectivity index (χ4v) is 1.83. The Morgan fingerprint density at radius 1 is 1.20 bits per heavy atom. The Labute approximate surface area is 113 Å². The molecule has 0 N–H and O–H groups in total. The number of halogens is 1. The Morgan fingerprint density at radius 3 is 2.85 bits per heavy atom. The SMILES string of the molecule is N#Cc1ccccc1-n1cc(-c2cncc(F)c2)nn1. The Balaban J connectivity index is 2.05. The lowest BCUT2D eigenvalue weighted by atomic mass is 10.2. The molecule has 2 heterocycles. The van der Waals surface area contributed by atoms with Crippen molar-refractivity contribution in [2.75, 3.05) is 0 Å². The predicted octanol–water partition coefficient (Wildman–Crippen LogP) is 2.34. The van der Waals surface area contributed by atoms with Crippen molar-refractivity contribution in [2.45, 2.75) is 0 Å². The number of benzene rings is 1. The van der Waals surface area contributed by atoms with E-state index in [1.165, 1.54) is 16.9 Å². The lowest BCUT2D eigenvalue weighted by molar-refractivity contribution is 0.622. The highest BCUT2D eigenvalue weighted by atomic mass is 19.1. The van der Waals surface area contributed by atoms with Crippen molar-refractivity contribution in [3.05, 3.63) is 60.3 Å². The largest absolute Gasteiger partial charge is 0.261 e. The molecule has 0 bridgehead atoms. The van der Waals surface area contributed by atoms with Crippen molar-refractivity contribution < 1.29 is 4.39 Å². The number of hydrogen-bond acceptors (Lipinski definition) is 4. The van der Waals surface area contributed by atoms with Gasteiger partial charge < -0.3 is 0 Å². The van der Waals surface area contributed by atoms with Crippen LogP contribution in [0.2, 0.25) is 0 Å². The molecule has 2 aromatic heterocycles. The third kappa shape index (κ3) is 2.12. The molecule has 0 spiro atoms. The minimum Gasteiger partial charge on any atom is -0.261 e. The van der Waals surface area contributed by atoms with Crippen LogP contribution in [0.4, 0.5) is 4.39 Å². The van der Waals surface area contributed by atoms with Crippen LogP contribution in [0.15, 0.2) is 48.9 Å². The fourth-order valence-electron chi connectivity index (χ4n) is 1.83. The number of hydrogen-bond donors (Lipinski definition) is 0. The zero-order chi connectivity index (χ0) is 13.9. The van der Waals surface area contributed by atoms with Crippen LogP contribution in [0, 0.1) is 17.1 Å². The van der Waals surface area contributed by atoms with E-state index in [1.54, 1.807) is 30.5 Å². The summed E-state index contributed by atoms with van der Waals surface area (Å²) < 4.78 is 14.6. The number of nitrogens with zero attached hydrogens (tertiary/aromatic N) is 5. The maximum absolute atomic E-state index is 13.1. The maximum Gasteiger partial charge on any atom is 0.142 e. The summed E-state index contributed by atoms with van der Waals surface area (Å²) in [5.41, 5.74) is 2.13. The van der Waals surface area contributed by atoms with E-state index in [9.17, 15) is 4.39 Å². The van der Waals surface area contributed by atoms with Crippen LogP contribution in [-0.2, 0) is 0 Å². The molecule has 0 atom stereocenters. The van der Waals surface area contributed by atoms with Crippen LogP contribution in [-0.4, -0.2) is 20.0 Å². The van der Waals surface area contributed by atoms with Crippen LogP contribution in [0.5, 0.6) is 0 Å². The lowest BCUT2D eigenvalue weighted by Crippen LogP contribution is -1.97. The molecule has 3 aromatic rings. The second-order valence-corrected chi connectivity index (χ2v) is 4.07. The molecule has 20 heavy (non-hydrogen) atoms. The number of rotatable bonds is 2. The zero-order valence-corrected chi connectivity index (χ0v) is 10.2. The molecule has 0 unspecified atom stereocenters. The molecule has 0 amide bonds. The molecule has 6 heteroatoms. The number of nitriles is 1. The summed E-state index contributed by atoms with van der Waals surface area (Å²) in [7, 11) is 0. The van der Waals surface area contributed by atoms with Crippen molar-refractivity contribution >= 4 is 0 Å². The first kappa shape index (κ1) is 12.0. The average Bonchev–Trinajstić information content (AvgIpc) is 2.97. The van der Waals surface area contributed by atoms with Crippen molar-refractivity contribution in [2.24, 2.45) is 0 Å². The molecule has 0 aliphatic carbocycles. The Hall–Kier alpha value is -3.07. The zero-order valence-electron chi connectivity index (χ0n) is 10.2. The van der Waals surface area contributed by atoms with Gasteiger partial charge in [0.15, 0.2) is 0 Å². The summed E-state index contributed by atoms with van der Waals surface area (Å²) in [6.07, 6.45) is 4.26. The second-order valence-electron chi connectivity index (χ2n) is 4.07. The Kier molecular flexibility index (Phi) is 2.94. The summed E-state index contributed by atoms with van der Waals surface area (Å²) in [6.45, 7) is 0. The monoisotopic (exact) mass is 265 g/mol. The number of pyridine rings is 1. The van der Waals surface area contributed by atoms with Gasteiger partial charge in [-0.25, -0.2) is 9.07 Å². The minimum absolute atomic E-state index is 0.436. The summed E-state index contributed by atoms with van der Waals surface area (Å²) in [5, 5.41) is 17.0. The van der Waals surface area contributed by atoms with Gasteiger partial charge in [-0.15, -0.1) is 5.10 Å². The molecular weight excluding hydrogens is 257 g/mol. The molecule has 96 valence electrons. The first-order valence-corrected chi connectivity index (χ1v) is 5.81. The van der Waals surface area contributed by atoms with Crippen LogP contribution < -0.4 is 0 Å². The van der Waals surface area contributed by atoms with Crippen molar-refractivity contribution in [3.8, 4) is 23.0 Å². The third-order valence-electron chi connectivity index (χ3n) is 2.77. The van der Waals surface area contributed by atoms with E-state index in [4.69, 9.17) is 5.26 Å². The topological polar surface area (TPSA) is 67.4 Å². The van der Waals surface area contributed by atoms with Gasteiger partial charge in [-0.3, -0.25) is 4.98 Å². The summed E-state index contributed by atoms with van der Waals surface area (Å²) in [5.74, 6) is -0.436. The molecule has 0 aliphatic rings. The fraction of sp³-hybridized carbons (Fsp3) is 0. The van der Waals surface area contributed by atoms with Gasteiger partial charge in [0.1, 0.15) is 17.6 Å². The van der Waals surface area contributed by atoms with E-state index in [0.29, 0.717) is 22.5 Å². The summed E-state index contributed by atoms with van der Waals surface area (Å²) in [4.78, 5) is 3.77. The molecule has 3 rings (SSSR count). The first-order valence-electron chi connectivity index (χ1n) is 5.81. The van der Waals surface area contributed by atoms with Crippen LogP contribution in [0.3, 0.4) is 0 Å². The van der Waals surface area contributed by atoms with Gasteiger partial charge in [0.05, 0.1) is 23.6 Å². The highest BCUT2D eigenvalue weighted by molar-refractivity contribution is 5.57. The Bertz CT molecular complexity index is 803. The van der Waals surface area contributed by atoms with Crippen molar-refractivity contribution in [1.29, 1.82) is 5.26 Å². The van der Waals surface area contributed by atoms with Gasteiger partial charge in [-0.1, -0.05) is 17.3 Å². The van der Waals surface area contributed by atoms with Crippen LogP contribution in [0.25, 0.3) is 16.9 Å². The molecule has 5 nitrogen and oxygen atoms in total. The van der Waals surface area contributed by atoms with Gasteiger partial charge in [0.2, 0.25) is 0 Å². The van der Waals surface area contributed by atoms with Crippen molar-refractivity contribution in [1.82, 2.24) is 20.0 Å². The molecule has 0 saturated heterocycles. The van der Waals surface area contributed by atoms with Gasteiger partial charge in [0.25, 0.3) is 0 Å². The number of para-hydroxylation sites is 1.